The van der Waals surface area contributed by atoms with Crippen molar-refractivity contribution in [3.05, 3.63) is 47.3 Å². The van der Waals surface area contributed by atoms with Gasteiger partial charge in [-0.05, 0) is 45.4 Å². The first-order valence-corrected chi connectivity index (χ1v) is 7.45. The van der Waals surface area contributed by atoms with Gasteiger partial charge >= 0.3 is 0 Å². The summed E-state index contributed by atoms with van der Waals surface area (Å²) in [6.45, 7) is 9.15. The molecule has 0 radical (unpaired) electrons. The van der Waals surface area contributed by atoms with Gasteiger partial charge in [-0.3, -0.25) is 4.68 Å². The third-order valence-electron chi connectivity index (χ3n) is 3.67. The molecule has 0 amide bonds. The number of ether oxygens (including phenoxy) is 1. The van der Waals surface area contributed by atoms with Crippen molar-refractivity contribution in [2.24, 2.45) is 7.05 Å². The minimum Gasteiger partial charge on any atom is -0.491 e. The van der Waals surface area contributed by atoms with Gasteiger partial charge in [0.05, 0.1) is 12.3 Å². The highest BCUT2D eigenvalue weighted by molar-refractivity contribution is 5.30. The summed E-state index contributed by atoms with van der Waals surface area (Å²) in [5.74, 6) is 0.925. The number of nitrogens with one attached hydrogen (secondary N) is 1. The van der Waals surface area contributed by atoms with Crippen LogP contribution in [0.2, 0.25) is 0 Å². The van der Waals surface area contributed by atoms with Gasteiger partial charge < -0.3 is 10.1 Å². The van der Waals surface area contributed by atoms with Crippen LogP contribution >= 0.6 is 0 Å². The average Bonchev–Trinajstić information content (AvgIpc) is 2.76. The fourth-order valence-electron chi connectivity index (χ4n) is 2.23. The zero-order valence-electron chi connectivity index (χ0n) is 13.6. The first-order chi connectivity index (χ1) is 9.97. The van der Waals surface area contributed by atoms with Crippen molar-refractivity contribution < 1.29 is 4.74 Å². The maximum absolute atomic E-state index is 5.75. The van der Waals surface area contributed by atoms with Crippen molar-refractivity contribution in [1.29, 1.82) is 0 Å². The molecule has 1 heterocycles. The summed E-state index contributed by atoms with van der Waals surface area (Å²) in [5.41, 5.74) is 3.67. The van der Waals surface area contributed by atoms with Crippen LogP contribution in [-0.2, 0) is 13.6 Å². The van der Waals surface area contributed by atoms with E-state index in [2.05, 4.69) is 36.4 Å². The van der Waals surface area contributed by atoms with Gasteiger partial charge in [0, 0.05) is 30.9 Å². The highest BCUT2D eigenvalue weighted by Crippen LogP contribution is 2.20. The Morgan fingerprint density at radius 2 is 2.05 bits per heavy atom. The zero-order valence-corrected chi connectivity index (χ0v) is 13.6. The maximum atomic E-state index is 5.75. The van der Waals surface area contributed by atoms with Crippen LogP contribution in [0.25, 0.3) is 0 Å². The number of aromatic nitrogens is 2. The minimum atomic E-state index is 0.196. The van der Waals surface area contributed by atoms with E-state index in [1.165, 1.54) is 16.8 Å². The molecule has 4 nitrogen and oxygen atoms in total. The van der Waals surface area contributed by atoms with Crippen LogP contribution in [-0.4, -0.2) is 15.9 Å². The standard InChI is InChI=1S/C17H25N3O/c1-12(2)21-17-8-6-7-15(9-17)13(3)18-10-16-11-19-20(5)14(16)4/h6-9,11-13,18H,10H2,1-5H3. The van der Waals surface area contributed by atoms with E-state index in [-0.39, 0.29) is 12.1 Å². The normalized spacial score (nSPS) is 12.7. The van der Waals surface area contributed by atoms with Crippen molar-refractivity contribution in [3.8, 4) is 5.75 Å². The van der Waals surface area contributed by atoms with Gasteiger partial charge in [-0.2, -0.15) is 5.10 Å². The van der Waals surface area contributed by atoms with E-state index in [0.717, 1.165) is 12.3 Å². The van der Waals surface area contributed by atoms with Crippen molar-refractivity contribution in [2.45, 2.75) is 46.4 Å². The second-order valence-corrected chi connectivity index (χ2v) is 5.72. The molecule has 0 spiro atoms. The van der Waals surface area contributed by atoms with Gasteiger partial charge in [-0.15, -0.1) is 0 Å². The van der Waals surface area contributed by atoms with Crippen LogP contribution in [0.15, 0.2) is 30.5 Å². The second-order valence-electron chi connectivity index (χ2n) is 5.72. The molecule has 1 atom stereocenters. The second kappa shape index (κ2) is 6.76. The van der Waals surface area contributed by atoms with Crippen LogP contribution in [0.4, 0.5) is 0 Å². The van der Waals surface area contributed by atoms with Gasteiger partial charge in [0.1, 0.15) is 5.75 Å². The molecule has 2 aromatic rings. The lowest BCUT2D eigenvalue weighted by molar-refractivity contribution is 0.242. The lowest BCUT2D eigenvalue weighted by atomic mass is 10.1. The van der Waals surface area contributed by atoms with E-state index in [4.69, 9.17) is 4.74 Å². The Labute approximate surface area is 127 Å². The zero-order chi connectivity index (χ0) is 15.4. The third kappa shape index (κ3) is 4.08. The Hall–Kier alpha value is -1.81. The van der Waals surface area contributed by atoms with Crippen molar-refractivity contribution in [1.82, 2.24) is 15.1 Å². The molecule has 1 aromatic heterocycles. The molecule has 21 heavy (non-hydrogen) atoms. The number of hydrogen-bond donors (Lipinski definition) is 1. The highest BCUT2D eigenvalue weighted by atomic mass is 16.5. The number of rotatable bonds is 6. The number of hydrogen-bond acceptors (Lipinski definition) is 3. The van der Waals surface area contributed by atoms with Crippen LogP contribution in [0.3, 0.4) is 0 Å². The monoisotopic (exact) mass is 287 g/mol. The predicted molar refractivity (Wildman–Crippen MR) is 85.4 cm³/mol. The first kappa shape index (κ1) is 15.6. The first-order valence-electron chi connectivity index (χ1n) is 7.45. The minimum absolute atomic E-state index is 0.196. The summed E-state index contributed by atoms with van der Waals surface area (Å²) in [6, 6.07) is 8.54. The van der Waals surface area contributed by atoms with Gasteiger partial charge in [-0.25, -0.2) is 0 Å². The molecule has 0 fully saturated rings. The van der Waals surface area contributed by atoms with Gasteiger partial charge in [0.15, 0.2) is 0 Å². The van der Waals surface area contributed by atoms with E-state index in [9.17, 15) is 0 Å². The molecule has 0 saturated heterocycles. The number of nitrogens with zero attached hydrogens (tertiary/aromatic N) is 2. The molecule has 1 aromatic carbocycles. The molecule has 4 heteroatoms. The van der Waals surface area contributed by atoms with Gasteiger partial charge in [0.25, 0.3) is 0 Å². The Morgan fingerprint density at radius 1 is 1.29 bits per heavy atom. The Bertz CT molecular complexity index is 589. The van der Waals surface area contributed by atoms with Crippen LogP contribution in [0.5, 0.6) is 5.75 Å². The Morgan fingerprint density at radius 3 is 2.67 bits per heavy atom. The summed E-state index contributed by atoms with van der Waals surface area (Å²) in [7, 11) is 1.97. The quantitative estimate of drug-likeness (QED) is 0.885. The largest absolute Gasteiger partial charge is 0.491 e. The maximum Gasteiger partial charge on any atom is 0.120 e. The van der Waals surface area contributed by atoms with Crippen molar-refractivity contribution >= 4 is 0 Å². The molecule has 0 bridgehead atoms. The van der Waals surface area contributed by atoms with Gasteiger partial charge in [-0.1, -0.05) is 12.1 Å². The SMILES string of the molecule is Cc1c(CNC(C)c2cccc(OC(C)C)c2)cnn1C. The van der Waals surface area contributed by atoms with Crippen LogP contribution in [0.1, 0.15) is 43.6 Å². The topological polar surface area (TPSA) is 39.1 Å². The summed E-state index contributed by atoms with van der Waals surface area (Å²) < 4.78 is 7.65. The Kier molecular flexibility index (Phi) is 5.02. The van der Waals surface area contributed by atoms with E-state index >= 15 is 0 Å². The molecule has 2 rings (SSSR count). The fourth-order valence-corrected chi connectivity index (χ4v) is 2.23. The van der Waals surface area contributed by atoms with Gasteiger partial charge in [0.2, 0.25) is 0 Å². The summed E-state index contributed by atoms with van der Waals surface area (Å²) in [5, 5.41) is 7.81. The van der Waals surface area contributed by atoms with E-state index in [1.807, 2.05) is 43.9 Å². The van der Waals surface area contributed by atoms with E-state index < -0.39 is 0 Å². The fraction of sp³-hybridized carbons (Fsp3) is 0.471. The van der Waals surface area contributed by atoms with Crippen LogP contribution in [0, 0.1) is 6.92 Å². The summed E-state index contributed by atoms with van der Waals surface area (Å²) >= 11 is 0. The molecule has 114 valence electrons. The molecular formula is C17H25N3O. The molecule has 1 N–H and O–H groups in total. The summed E-state index contributed by atoms with van der Waals surface area (Å²) in [6.07, 6.45) is 2.12. The molecule has 0 aliphatic carbocycles. The van der Waals surface area contributed by atoms with Crippen LogP contribution < -0.4 is 10.1 Å². The molecular weight excluding hydrogens is 262 g/mol. The Balaban J connectivity index is 2.00. The molecule has 0 saturated carbocycles. The lowest BCUT2D eigenvalue weighted by Crippen LogP contribution is -2.18. The average molecular weight is 287 g/mol. The van der Waals surface area contributed by atoms with Crippen molar-refractivity contribution in [2.75, 3.05) is 0 Å². The van der Waals surface area contributed by atoms with E-state index in [0.29, 0.717) is 0 Å². The third-order valence-corrected chi connectivity index (χ3v) is 3.67. The number of aryl methyl sites for hydroxylation is 1. The highest BCUT2D eigenvalue weighted by Gasteiger charge is 2.09. The molecule has 0 aliphatic heterocycles. The number of benzene rings is 1. The predicted octanol–water partition coefficient (Wildman–Crippen LogP) is 3.37. The summed E-state index contributed by atoms with van der Waals surface area (Å²) in [4.78, 5) is 0. The van der Waals surface area contributed by atoms with Crippen molar-refractivity contribution in [3.63, 3.8) is 0 Å². The molecule has 0 aliphatic rings. The molecule has 1 unspecified atom stereocenters. The van der Waals surface area contributed by atoms with E-state index in [1.54, 1.807) is 0 Å². The lowest BCUT2D eigenvalue weighted by Gasteiger charge is -2.16. The smallest absolute Gasteiger partial charge is 0.120 e.